The van der Waals surface area contributed by atoms with Gasteiger partial charge < -0.3 is 15.0 Å². The lowest BCUT2D eigenvalue weighted by molar-refractivity contribution is 0.201. The Labute approximate surface area is 180 Å². The van der Waals surface area contributed by atoms with Crippen molar-refractivity contribution >= 4 is 23.4 Å². The fourth-order valence-electron chi connectivity index (χ4n) is 3.12. The van der Waals surface area contributed by atoms with Crippen molar-refractivity contribution in [2.75, 3.05) is 32.1 Å². The van der Waals surface area contributed by atoms with E-state index >= 15 is 0 Å². The van der Waals surface area contributed by atoms with Gasteiger partial charge in [0.25, 0.3) is 5.56 Å². The molecule has 0 unspecified atom stereocenters. The topological polar surface area (TPSA) is 76.6 Å². The second kappa shape index (κ2) is 9.61. The van der Waals surface area contributed by atoms with Gasteiger partial charge >= 0.3 is 6.09 Å². The summed E-state index contributed by atoms with van der Waals surface area (Å²) in [7, 11) is 3.81. The van der Waals surface area contributed by atoms with Crippen LogP contribution < -0.4 is 10.5 Å². The number of carbonyl (C=O) groups is 1. The molecule has 0 aliphatic heterocycles. The van der Waals surface area contributed by atoms with Gasteiger partial charge in [-0.1, -0.05) is 35.9 Å². The summed E-state index contributed by atoms with van der Waals surface area (Å²) in [5, 5.41) is 10.2. The average molecular weight is 426 g/mol. The van der Waals surface area contributed by atoms with Crippen molar-refractivity contribution in [3.63, 3.8) is 0 Å². The van der Waals surface area contributed by atoms with E-state index in [1.54, 1.807) is 30.5 Å². The monoisotopic (exact) mass is 425 g/mol. The van der Waals surface area contributed by atoms with Crippen LogP contribution in [-0.2, 0) is 6.42 Å². The van der Waals surface area contributed by atoms with Crippen molar-refractivity contribution in [1.29, 1.82) is 0 Å². The fraction of sp³-hybridized carbons (Fsp3) is 0.217. The van der Waals surface area contributed by atoms with Gasteiger partial charge in [0.15, 0.2) is 0 Å². The highest BCUT2D eigenvalue weighted by atomic mass is 35.5. The Hall–Kier alpha value is -3.09. The van der Waals surface area contributed by atoms with E-state index in [-0.39, 0.29) is 5.56 Å². The van der Waals surface area contributed by atoms with Crippen LogP contribution >= 0.6 is 11.6 Å². The number of H-pyrrole nitrogens is 1. The molecule has 7 heteroatoms. The lowest BCUT2D eigenvalue weighted by Crippen LogP contribution is -2.35. The van der Waals surface area contributed by atoms with Crippen molar-refractivity contribution in [1.82, 2.24) is 9.88 Å². The highest BCUT2D eigenvalue weighted by Crippen LogP contribution is 2.24. The molecule has 1 amide bonds. The molecular weight excluding hydrogens is 402 g/mol. The Morgan fingerprint density at radius 2 is 1.67 bits per heavy atom. The summed E-state index contributed by atoms with van der Waals surface area (Å²) < 4.78 is 0. The van der Waals surface area contributed by atoms with Crippen molar-refractivity contribution in [2.45, 2.75) is 6.42 Å². The molecule has 2 N–H and O–H groups in total. The first kappa shape index (κ1) is 21.6. The number of halogens is 1. The number of rotatable bonds is 7. The molecule has 3 rings (SSSR count). The van der Waals surface area contributed by atoms with Gasteiger partial charge in [0.1, 0.15) is 0 Å². The molecule has 0 saturated heterocycles. The Morgan fingerprint density at radius 3 is 2.27 bits per heavy atom. The molecule has 0 atom stereocenters. The second-order valence-electron chi connectivity index (χ2n) is 7.33. The molecule has 156 valence electrons. The largest absolute Gasteiger partial charge is 0.465 e. The van der Waals surface area contributed by atoms with Crippen LogP contribution in [0.15, 0.2) is 65.6 Å². The maximum Gasteiger partial charge on any atom is 0.411 e. The van der Waals surface area contributed by atoms with E-state index in [1.807, 2.05) is 49.3 Å². The van der Waals surface area contributed by atoms with Gasteiger partial charge in [0, 0.05) is 42.0 Å². The van der Waals surface area contributed by atoms with Crippen molar-refractivity contribution < 1.29 is 9.90 Å². The van der Waals surface area contributed by atoms with E-state index in [2.05, 4.69) is 4.98 Å². The van der Waals surface area contributed by atoms with Crippen LogP contribution in [0.25, 0.3) is 11.1 Å². The number of aromatic amines is 1. The van der Waals surface area contributed by atoms with Crippen LogP contribution in [0, 0.1) is 0 Å². The predicted octanol–water partition coefficient (Wildman–Crippen LogP) is 4.33. The van der Waals surface area contributed by atoms with Crippen LogP contribution in [0.2, 0.25) is 5.02 Å². The third-order valence-electron chi connectivity index (χ3n) is 4.80. The van der Waals surface area contributed by atoms with E-state index in [4.69, 9.17) is 11.6 Å². The summed E-state index contributed by atoms with van der Waals surface area (Å²) in [6, 6.07) is 16.6. The number of hydrogen-bond donors (Lipinski definition) is 2. The lowest BCUT2D eigenvalue weighted by Gasteiger charge is -2.21. The van der Waals surface area contributed by atoms with Gasteiger partial charge in [-0.05, 0) is 61.1 Å². The van der Waals surface area contributed by atoms with E-state index in [0.29, 0.717) is 35.8 Å². The zero-order chi connectivity index (χ0) is 21.7. The van der Waals surface area contributed by atoms with Crippen LogP contribution in [0.1, 0.15) is 11.1 Å². The minimum atomic E-state index is -0.987. The number of nitrogens with one attached hydrogen (secondary N) is 1. The van der Waals surface area contributed by atoms with Crippen LogP contribution in [0.5, 0.6) is 0 Å². The number of likely N-dealkylation sites (N-methyl/N-ethyl adjacent to an activating group) is 1. The first-order valence-electron chi connectivity index (χ1n) is 9.55. The Bertz CT molecular complexity index is 1060. The van der Waals surface area contributed by atoms with Crippen molar-refractivity contribution in [2.24, 2.45) is 0 Å². The number of carboxylic acid groups (broad SMARTS) is 1. The summed E-state index contributed by atoms with van der Waals surface area (Å²) in [5.74, 6) is 0. The maximum absolute atomic E-state index is 12.3. The summed E-state index contributed by atoms with van der Waals surface area (Å²) in [4.78, 5) is 29.9. The minimum absolute atomic E-state index is 0.133. The summed E-state index contributed by atoms with van der Waals surface area (Å²) in [6.45, 7) is 1.01. The summed E-state index contributed by atoms with van der Waals surface area (Å²) in [5.41, 5.74) is 3.88. The maximum atomic E-state index is 12.3. The van der Waals surface area contributed by atoms with Gasteiger partial charge in [-0.3, -0.25) is 9.69 Å². The van der Waals surface area contributed by atoms with E-state index in [0.717, 1.165) is 16.7 Å². The van der Waals surface area contributed by atoms with Crippen LogP contribution in [-0.4, -0.2) is 48.3 Å². The molecule has 3 aromatic rings. The number of benzene rings is 2. The fourth-order valence-corrected chi connectivity index (χ4v) is 3.25. The van der Waals surface area contributed by atoms with Crippen LogP contribution in [0.4, 0.5) is 10.5 Å². The number of pyridine rings is 1. The summed E-state index contributed by atoms with van der Waals surface area (Å²) >= 11 is 5.93. The number of aromatic nitrogens is 1. The molecule has 0 aliphatic carbocycles. The molecule has 30 heavy (non-hydrogen) atoms. The second-order valence-corrected chi connectivity index (χ2v) is 7.77. The molecule has 6 nitrogen and oxygen atoms in total. The normalized spacial score (nSPS) is 10.9. The smallest absolute Gasteiger partial charge is 0.411 e. The number of nitrogens with zero attached hydrogens (tertiary/aromatic N) is 2. The highest BCUT2D eigenvalue weighted by Gasteiger charge is 2.14. The van der Waals surface area contributed by atoms with Crippen LogP contribution in [0.3, 0.4) is 0 Å². The Kier molecular flexibility index (Phi) is 6.92. The van der Waals surface area contributed by atoms with Gasteiger partial charge in [-0.2, -0.15) is 0 Å². The van der Waals surface area contributed by atoms with Gasteiger partial charge in [-0.25, -0.2) is 4.79 Å². The summed E-state index contributed by atoms with van der Waals surface area (Å²) in [6.07, 6.45) is 1.18. The number of amides is 1. The van der Waals surface area contributed by atoms with Gasteiger partial charge in [0.05, 0.1) is 0 Å². The molecule has 2 aromatic carbocycles. The average Bonchev–Trinajstić information content (AvgIpc) is 2.71. The Balaban J connectivity index is 1.82. The zero-order valence-electron chi connectivity index (χ0n) is 16.9. The van der Waals surface area contributed by atoms with E-state index in [1.165, 1.54) is 4.90 Å². The first-order chi connectivity index (χ1) is 14.3. The molecule has 0 aliphatic rings. The van der Waals surface area contributed by atoms with Gasteiger partial charge in [-0.15, -0.1) is 0 Å². The number of hydrogen-bond acceptors (Lipinski definition) is 3. The van der Waals surface area contributed by atoms with Gasteiger partial charge in [0.2, 0.25) is 0 Å². The van der Waals surface area contributed by atoms with E-state index < -0.39 is 6.09 Å². The standard InChI is InChI=1S/C23H24ClN3O3/c1-26(2)11-12-27(23(29)30)21-9-5-17(6-10-21)19-14-18(22(28)25-15-19)13-16-3-7-20(24)8-4-16/h3-10,14-15H,11-13H2,1-2H3,(H,25,28)(H,29,30). The molecule has 1 aromatic heterocycles. The predicted molar refractivity (Wildman–Crippen MR) is 121 cm³/mol. The third kappa shape index (κ3) is 5.49. The molecule has 0 fully saturated rings. The number of anilines is 1. The van der Waals surface area contributed by atoms with Crippen molar-refractivity contribution in [3.05, 3.63) is 87.3 Å². The third-order valence-corrected chi connectivity index (χ3v) is 5.05. The minimum Gasteiger partial charge on any atom is -0.465 e. The zero-order valence-corrected chi connectivity index (χ0v) is 17.7. The molecular formula is C23H24ClN3O3. The first-order valence-corrected chi connectivity index (χ1v) is 9.93. The SMILES string of the molecule is CN(C)CCN(C(=O)O)c1ccc(-c2c[nH]c(=O)c(Cc3ccc(Cl)cc3)c2)cc1. The molecule has 0 spiro atoms. The van der Waals surface area contributed by atoms with Crippen molar-refractivity contribution in [3.8, 4) is 11.1 Å². The highest BCUT2D eigenvalue weighted by molar-refractivity contribution is 6.30. The molecule has 0 bridgehead atoms. The quantitative estimate of drug-likeness (QED) is 0.590. The Morgan fingerprint density at radius 1 is 1.00 bits per heavy atom. The molecule has 0 radical (unpaired) electrons. The lowest BCUT2D eigenvalue weighted by atomic mass is 10.0. The van der Waals surface area contributed by atoms with E-state index in [9.17, 15) is 14.7 Å². The molecule has 0 saturated carbocycles. The molecule has 1 heterocycles.